The number of nitrogens with zero attached hydrogens (tertiary/aromatic N) is 2. The van der Waals surface area contributed by atoms with Crippen LogP contribution in [0.2, 0.25) is 5.02 Å². The fourth-order valence-corrected chi connectivity index (χ4v) is 3.67. The summed E-state index contributed by atoms with van der Waals surface area (Å²) >= 11 is 6.42. The first-order valence-electron chi connectivity index (χ1n) is 9.87. The minimum atomic E-state index is -0.828. The summed E-state index contributed by atoms with van der Waals surface area (Å²) in [6, 6.07) is 12.9. The summed E-state index contributed by atoms with van der Waals surface area (Å²) in [6.45, 7) is 3.45. The van der Waals surface area contributed by atoms with E-state index in [1.54, 1.807) is 44.2 Å². The van der Waals surface area contributed by atoms with Gasteiger partial charge in [-0.15, -0.1) is 0 Å². The Balaban J connectivity index is 1.91. The van der Waals surface area contributed by atoms with E-state index in [-0.39, 0.29) is 46.7 Å². The quantitative estimate of drug-likeness (QED) is 0.356. The van der Waals surface area contributed by atoms with Crippen molar-refractivity contribution >= 4 is 23.3 Å². The van der Waals surface area contributed by atoms with Crippen molar-refractivity contribution in [1.29, 1.82) is 5.26 Å². The lowest BCUT2D eigenvalue weighted by molar-refractivity contribution is -0.384. The average molecular weight is 470 g/mol. The van der Waals surface area contributed by atoms with Crippen LogP contribution in [0.25, 0.3) is 0 Å². The van der Waals surface area contributed by atoms with Crippen molar-refractivity contribution in [2.45, 2.75) is 26.4 Å². The Bertz CT molecular complexity index is 1210. The second-order valence-electron chi connectivity index (χ2n) is 7.02. The number of hydrogen-bond acceptors (Lipinski definition) is 8. The predicted octanol–water partition coefficient (Wildman–Crippen LogP) is 4.47. The van der Waals surface area contributed by atoms with E-state index in [1.807, 2.05) is 6.07 Å². The van der Waals surface area contributed by atoms with Crippen LogP contribution < -0.4 is 10.5 Å². The molecule has 0 saturated heterocycles. The molecule has 1 atom stereocenters. The van der Waals surface area contributed by atoms with Crippen LogP contribution in [0, 0.1) is 21.4 Å². The maximum absolute atomic E-state index is 12.6. The zero-order valence-corrected chi connectivity index (χ0v) is 18.6. The number of nitriles is 1. The van der Waals surface area contributed by atoms with Gasteiger partial charge in [-0.05, 0) is 37.1 Å². The summed E-state index contributed by atoms with van der Waals surface area (Å²) in [5.41, 5.74) is 7.19. The summed E-state index contributed by atoms with van der Waals surface area (Å²) in [6.07, 6.45) is 0. The van der Waals surface area contributed by atoms with Gasteiger partial charge in [0.2, 0.25) is 5.88 Å². The number of carbonyl (C=O) groups is 1. The third kappa shape index (κ3) is 5.07. The molecule has 9 nitrogen and oxygen atoms in total. The van der Waals surface area contributed by atoms with Gasteiger partial charge in [-0.25, -0.2) is 4.79 Å². The molecule has 3 rings (SSSR count). The molecule has 2 N–H and O–H groups in total. The fourth-order valence-electron chi connectivity index (χ4n) is 3.42. The largest absolute Gasteiger partial charge is 0.487 e. The maximum Gasteiger partial charge on any atom is 0.338 e. The topological polar surface area (TPSA) is 138 Å². The van der Waals surface area contributed by atoms with Gasteiger partial charge in [-0.2, -0.15) is 5.26 Å². The molecule has 10 heteroatoms. The van der Waals surface area contributed by atoms with E-state index in [1.165, 1.54) is 12.1 Å². The number of nitro benzene ring substituents is 1. The monoisotopic (exact) mass is 469 g/mol. The number of esters is 1. The number of nitrogens with two attached hydrogens (primary N) is 1. The summed E-state index contributed by atoms with van der Waals surface area (Å²) < 4.78 is 16.3. The zero-order valence-electron chi connectivity index (χ0n) is 17.8. The maximum atomic E-state index is 12.6. The van der Waals surface area contributed by atoms with Gasteiger partial charge in [0.05, 0.1) is 28.0 Å². The molecule has 1 aliphatic rings. The third-order valence-corrected chi connectivity index (χ3v) is 5.20. The van der Waals surface area contributed by atoms with Crippen molar-refractivity contribution in [1.82, 2.24) is 0 Å². The smallest absolute Gasteiger partial charge is 0.338 e. The Morgan fingerprint density at radius 2 is 2.09 bits per heavy atom. The van der Waals surface area contributed by atoms with Crippen LogP contribution in [0.5, 0.6) is 5.75 Å². The van der Waals surface area contributed by atoms with Crippen molar-refractivity contribution in [3.05, 3.63) is 91.5 Å². The number of benzene rings is 2. The molecule has 170 valence electrons. The normalized spacial score (nSPS) is 15.5. The molecule has 0 aromatic heterocycles. The lowest BCUT2D eigenvalue weighted by Gasteiger charge is -2.27. The van der Waals surface area contributed by atoms with Gasteiger partial charge in [-0.1, -0.05) is 29.8 Å². The molecule has 0 saturated carbocycles. The molecule has 2 aromatic carbocycles. The van der Waals surface area contributed by atoms with E-state index < -0.39 is 16.8 Å². The highest BCUT2D eigenvalue weighted by atomic mass is 35.5. The van der Waals surface area contributed by atoms with Crippen molar-refractivity contribution in [2.75, 3.05) is 6.61 Å². The van der Waals surface area contributed by atoms with E-state index in [4.69, 9.17) is 31.5 Å². The first kappa shape index (κ1) is 23.6. The number of ether oxygens (including phenoxy) is 3. The van der Waals surface area contributed by atoms with Crippen LogP contribution in [-0.4, -0.2) is 17.5 Å². The van der Waals surface area contributed by atoms with Crippen molar-refractivity contribution in [3.8, 4) is 11.8 Å². The van der Waals surface area contributed by atoms with Gasteiger partial charge in [-0.3, -0.25) is 10.1 Å². The van der Waals surface area contributed by atoms with Crippen LogP contribution in [0.3, 0.4) is 0 Å². The Labute approximate surface area is 194 Å². The Morgan fingerprint density at radius 3 is 2.73 bits per heavy atom. The molecule has 1 aliphatic heterocycles. The molecule has 0 fully saturated rings. The predicted molar refractivity (Wildman–Crippen MR) is 119 cm³/mol. The second kappa shape index (κ2) is 10.1. The second-order valence-corrected chi connectivity index (χ2v) is 7.43. The average Bonchev–Trinajstić information content (AvgIpc) is 2.78. The van der Waals surface area contributed by atoms with E-state index >= 15 is 0 Å². The highest BCUT2D eigenvalue weighted by Gasteiger charge is 2.36. The van der Waals surface area contributed by atoms with Gasteiger partial charge in [0.1, 0.15) is 29.8 Å². The number of nitro groups is 1. The standard InChI is InChI=1S/C23H20ClN3O6/c1-3-31-23(28)20-13(2)33-22(26)17(11-25)21(20)15-7-8-19(18(24)10-15)32-12-14-5-4-6-16(9-14)27(29)30/h4-10,21H,3,12,26H2,1-2H3. The molecule has 1 heterocycles. The Morgan fingerprint density at radius 1 is 1.33 bits per heavy atom. The minimum absolute atomic E-state index is 0.0425. The number of rotatable bonds is 7. The molecule has 2 aromatic rings. The van der Waals surface area contributed by atoms with Crippen LogP contribution in [0.1, 0.15) is 30.9 Å². The molecule has 0 aliphatic carbocycles. The molecule has 0 spiro atoms. The van der Waals surface area contributed by atoms with Gasteiger partial charge < -0.3 is 19.9 Å². The Kier molecular flexibility index (Phi) is 7.20. The number of halogens is 1. The lowest BCUT2D eigenvalue weighted by Crippen LogP contribution is -2.25. The molecule has 33 heavy (non-hydrogen) atoms. The van der Waals surface area contributed by atoms with Gasteiger partial charge in [0.25, 0.3) is 5.69 Å². The molecular formula is C23H20ClN3O6. The third-order valence-electron chi connectivity index (χ3n) is 4.91. The minimum Gasteiger partial charge on any atom is -0.487 e. The van der Waals surface area contributed by atoms with E-state index in [0.29, 0.717) is 16.9 Å². The van der Waals surface area contributed by atoms with Crippen LogP contribution >= 0.6 is 11.6 Å². The number of non-ortho nitro benzene ring substituents is 1. The summed E-state index contributed by atoms with van der Waals surface area (Å²) in [7, 11) is 0. The van der Waals surface area contributed by atoms with Crippen LogP contribution in [-0.2, 0) is 20.9 Å². The fraction of sp³-hybridized carbons (Fsp3) is 0.217. The van der Waals surface area contributed by atoms with E-state index in [0.717, 1.165) is 0 Å². The molecule has 1 unspecified atom stereocenters. The summed E-state index contributed by atoms with van der Waals surface area (Å²) in [5, 5.41) is 20.8. The van der Waals surface area contributed by atoms with Crippen molar-refractivity contribution in [3.63, 3.8) is 0 Å². The highest BCUT2D eigenvalue weighted by Crippen LogP contribution is 2.41. The Hall–Kier alpha value is -4.03. The SMILES string of the molecule is CCOC(=O)C1=C(C)OC(N)=C(C#N)C1c1ccc(OCc2cccc([N+](=O)[O-])c2)c(Cl)c1. The van der Waals surface area contributed by atoms with E-state index in [9.17, 15) is 20.2 Å². The number of allylic oxidation sites excluding steroid dienone is 2. The van der Waals surface area contributed by atoms with Crippen molar-refractivity contribution < 1.29 is 23.9 Å². The van der Waals surface area contributed by atoms with Gasteiger partial charge in [0.15, 0.2) is 0 Å². The lowest BCUT2D eigenvalue weighted by atomic mass is 9.83. The zero-order chi connectivity index (χ0) is 24.1. The van der Waals surface area contributed by atoms with Crippen LogP contribution in [0.15, 0.2) is 65.3 Å². The van der Waals surface area contributed by atoms with Gasteiger partial charge >= 0.3 is 5.97 Å². The molecule has 0 bridgehead atoms. The van der Waals surface area contributed by atoms with Crippen LogP contribution in [0.4, 0.5) is 5.69 Å². The van der Waals surface area contributed by atoms with Crippen molar-refractivity contribution in [2.24, 2.45) is 5.73 Å². The number of hydrogen-bond donors (Lipinski definition) is 1. The first-order chi connectivity index (χ1) is 15.8. The first-order valence-corrected chi connectivity index (χ1v) is 10.3. The summed E-state index contributed by atoms with van der Waals surface area (Å²) in [5.74, 6) is -0.992. The summed E-state index contributed by atoms with van der Waals surface area (Å²) in [4.78, 5) is 23.1. The molecule has 0 amide bonds. The van der Waals surface area contributed by atoms with Gasteiger partial charge in [0, 0.05) is 12.1 Å². The van der Waals surface area contributed by atoms with E-state index in [2.05, 4.69) is 0 Å². The highest BCUT2D eigenvalue weighted by molar-refractivity contribution is 6.32. The molecule has 0 radical (unpaired) electrons. The number of carbonyl (C=O) groups excluding carboxylic acids is 1. The molecular weight excluding hydrogens is 450 g/mol.